The molecule has 1 saturated heterocycles. The average molecular weight is 294 g/mol. The van der Waals surface area contributed by atoms with Gasteiger partial charge in [-0.25, -0.2) is 0 Å². The summed E-state index contributed by atoms with van der Waals surface area (Å²) in [6, 6.07) is 5.22. The molecule has 21 heavy (non-hydrogen) atoms. The summed E-state index contributed by atoms with van der Waals surface area (Å²) in [4.78, 5) is 14.5. The normalized spacial score (nSPS) is 18.4. The maximum absolute atomic E-state index is 12.7. The van der Waals surface area contributed by atoms with Crippen LogP contribution < -0.4 is 14.8 Å². The molecule has 116 valence electrons. The van der Waals surface area contributed by atoms with E-state index in [1.165, 1.54) is 0 Å². The second-order valence-electron chi connectivity index (χ2n) is 4.87. The molecular formula is C15H22N2O4. The van der Waals surface area contributed by atoms with Gasteiger partial charge in [-0.3, -0.25) is 4.79 Å². The van der Waals surface area contributed by atoms with Gasteiger partial charge >= 0.3 is 0 Å². The number of rotatable bonds is 5. The standard InChI is InChI=1S/C15H22N2O4/c1-16-9-12-10-17(6-7-21-12)15(18)13-5-4-11(19-2)8-14(13)20-3/h4-5,8,12,16H,6-7,9-10H2,1-3H3. The Bertz CT molecular complexity index is 491. The number of morpholine rings is 1. The van der Waals surface area contributed by atoms with Gasteiger partial charge in [-0.05, 0) is 19.2 Å². The molecule has 1 aromatic rings. The summed E-state index contributed by atoms with van der Waals surface area (Å²) in [7, 11) is 5.01. The maximum Gasteiger partial charge on any atom is 0.257 e. The number of hydrogen-bond acceptors (Lipinski definition) is 5. The van der Waals surface area contributed by atoms with Crippen molar-refractivity contribution in [3.63, 3.8) is 0 Å². The van der Waals surface area contributed by atoms with Gasteiger partial charge < -0.3 is 24.4 Å². The van der Waals surface area contributed by atoms with E-state index >= 15 is 0 Å². The lowest BCUT2D eigenvalue weighted by Gasteiger charge is -2.33. The Balaban J connectivity index is 2.15. The first kappa shape index (κ1) is 15.6. The molecule has 1 aliphatic rings. The summed E-state index contributed by atoms with van der Waals surface area (Å²) in [5.74, 6) is 1.15. The van der Waals surface area contributed by atoms with Gasteiger partial charge in [0, 0.05) is 25.7 Å². The lowest BCUT2D eigenvalue weighted by molar-refractivity contribution is -0.0197. The largest absolute Gasteiger partial charge is 0.497 e. The van der Waals surface area contributed by atoms with E-state index in [2.05, 4.69) is 5.32 Å². The van der Waals surface area contributed by atoms with Crippen molar-refractivity contribution in [2.24, 2.45) is 0 Å². The molecule has 0 aliphatic carbocycles. The topological polar surface area (TPSA) is 60.0 Å². The van der Waals surface area contributed by atoms with E-state index in [-0.39, 0.29) is 12.0 Å². The summed E-state index contributed by atoms with van der Waals surface area (Å²) in [5.41, 5.74) is 0.545. The Labute approximate surface area is 125 Å². The summed E-state index contributed by atoms with van der Waals surface area (Å²) >= 11 is 0. The molecule has 6 nitrogen and oxygen atoms in total. The molecule has 1 fully saturated rings. The molecule has 1 amide bonds. The van der Waals surface area contributed by atoms with Crippen LogP contribution in [0.25, 0.3) is 0 Å². The van der Waals surface area contributed by atoms with Crippen LogP contribution in [0.1, 0.15) is 10.4 Å². The fourth-order valence-corrected chi connectivity index (χ4v) is 2.40. The van der Waals surface area contributed by atoms with Gasteiger partial charge in [-0.1, -0.05) is 0 Å². The zero-order chi connectivity index (χ0) is 15.2. The van der Waals surface area contributed by atoms with E-state index in [4.69, 9.17) is 14.2 Å². The first-order valence-electron chi connectivity index (χ1n) is 6.97. The molecule has 0 saturated carbocycles. The van der Waals surface area contributed by atoms with Crippen molar-refractivity contribution in [1.29, 1.82) is 0 Å². The van der Waals surface area contributed by atoms with E-state index in [9.17, 15) is 4.79 Å². The highest BCUT2D eigenvalue weighted by atomic mass is 16.5. The zero-order valence-corrected chi connectivity index (χ0v) is 12.7. The molecule has 0 spiro atoms. The van der Waals surface area contributed by atoms with Gasteiger partial charge in [0.15, 0.2) is 0 Å². The predicted octanol–water partition coefficient (Wildman–Crippen LogP) is 0.764. The molecule has 6 heteroatoms. The number of methoxy groups -OCH3 is 2. The van der Waals surface area contributed by atoms with Crippen LogP contribution in [0.15, 0.2) is 18.2 Å². The smallest absolute Gasteiger partial charge is 0.257 e. The lowest BCUT2D eigenvalue weighted by atomic mass is 10.1. The third-order valence-electron chi connectivity index (χ3n) is 3.50. The van der Waals surface area contributed by atoms with Crippen molar-refractivity contribution in [2.75, 3.05) is 47.5 Å². The van der Waals surface area contributed by atoms with Crippen molar-refractivity contribution >= 4 is 5.91 Å². The van der Waals surface area contributed by atoms with Crippen molar-refractivity contribution in [2.45, 2.75) is 6.10 Å². The minimum atomic E-state index is -0.0427. The van der Waals surface area contributed by atoms with E-state index in [1.54, 1.807) is 37.3 Å². The Morgan fingerprint density at radius 1 is 1.43 bits per heavy atom. The van der Waals surface area contributed by atoms with Crippen LogP contribution in [0.4, 0.5) is 0 Å². The number of carbonyl (C=O) groups is 1. The van der Waals surface area contributed by atoms with Gasteiger partial charge in [0.25, 0.3) is 5.91 Å². The van der Waals surface area contributed by atoms with Crippen LogP contribution >= 0.6 is 0 Å². The zero-order valence-electron chi connectivity index (χ0n) is 12.7. The highest BCUT2D eigenvalue weighted by molar-refractivity contribution is 5.97. The molecule has 1 aromatic carbocycles. The Kier molecular flexibility index (Phi) is 5.41. The maximum atomic E-state index is 12.7. The van der Waals surface area contributed by atoms with Crippen LogP contribution in [0.2, 0.25) is 0 Å². The quantitative estimate of drug-likeness (QED) is 0.869. The first-order valence-corrected chi connectivity index (χ1v) is 6.97. The van der Waals surface area contributed by atoms with Crippen molar-refractivity contribution < 1.29 is 19.0 Å². The molecule has 2 rings (SSSR count). The highest BCUT2D eigenvalue weighted by Crippen LogP contribution is 2.26. The van der Waals surface area contributed by atoms with E-state index in [0.29, 0.717) is 36.8 Å². The number of hydrogen-bond donors (Lipinski definition) is 1. The van der Waals surface area contributed by atoms with E-state index in [1.807, 2.05) is 7.05 Å². The van der Waals surface area contributed by atoms with Crippen LogP contribution in [-0.4, -0.2) is 64.4 Å². The number of likely N-dealkylation sites (N-methyl/N-ethyl adjacent to an activating group) is 1. The number of nitrogens with zero attached hydrogens (tertiary/aromatic N) is 1. The molecular weight excluding hydrogens is 272 g/mol. The first-order chi connectivity index (χ1) is 10.2. The molecule has 1 unspecified atom stereocenters. The third-order valence-corrected chi connectivity index (χ3v) is 3.50. The SMILES string of the molecule is CNCC1CN(C(=O)c2ccc(OC)cc2OC)CCO1. The third kappa shape index (κ3) is 3.65. The van der Waals surface area contributed by atoms with Crippen LogP contribution in [0.3, 0.4) is 0 Å². The fourth-order valence-electron chi connectivity index (χ4n) is 2.40. The monoisotopic (exact) mass is 294 g/mol. The van der Waals surface area contributed by atoms with Crippen LogP contribution in [0.5, 0.6) is 11.5 Å². The molecule has 0 bridgehead atoms. The molecule has 1 heterocycles. The number of nitrogens with one attached hydrogen (secondary N) is 1. The summed E-state index contributed by atoms with van der Waals surface area (Å²) in [5, 5.41) is 3.07. The number of ether oxygens (including phenoxy) is 3. The Morgan fingerprint density at radius 2 is 2.24 bits per heavy atom. The van der Waals surface area contributed by atoms with Gasteiger partial charge in [-0.2, -0.15) is 0 Å². The fraction of sp³-hybridized carbons (Fsp3) is 0.533. The van der Waals surface area contributed by atoms with Crippen LogP contribution in [0, 0.1) is 0 Å². The van der Waals surface area contributed by atoms with Crippen molar-refractivity contribution in [3.05, 3.63) is 23.8 Å². The highest BCUT2D eigenvalue weighted by Gasteiger charge is 2.26. The lowest BCUT2D eigenvalue weighted by Crippen LogP contribution is -2.48. The molecule has 1 atom stereocenters. The minimum Gasteiger partial charge on any atom is -0.497 e. The number of amides is 1. The average Bonchev–Trinajstić information content (AvgIpc) is 2.54. The summed E-state index contributed by atoms with van der Waals surface area (Å²) in [6.07, 6.45) is 0.0249. The van der Waals surface area contributed by atoms with E-state index in [0.717, 1.165) is 6.54 Å². The van der Waals surface area contributed by atoms with Gasteiger partial charge in [0.05, 0.1) is 32.5 Å². The second-order valence-corrected chi connectivity index (χ2v) is 4.87. The molecule has 1 aliphatic heterocycles. The minimum absolute atomic E-state index is 0.0249. The molecule has 0 radical (unpaired) electrons. The van der Waals surface area contributed by atoms with Gasteiger partial charge in [0.1, 0.15) is 11.5 Å². The second kappa shape index (κ2) is 7.28. The van der Waals surface area contributed by atoms with E-state index < -0.39 is 0 Å². The summed E-state index contributed by atoms with van der Waals surface area (Å²) in [6.45, 7) is 2.45. The number of carbonyl (C=O) groups excluding carboxylic acids is 1. The van der Waals surface area contributed by atoms with Gasteiger partial charge in [-0.15, -0.1) is 0 Å². The Hall–Kier alpha value is -1.79. The molecule has 0 aromatic heterocycles. The Morgan fingerprint density at radius 3 is 2.90 bits per heavy atom. The van der Waals surface area contributed by atoms with Crippen LogP contribution in [-0.2, 0) is 4.74 Å². The number of benzene rings is 1. The molecule has 1 N–H and O–H groups in total. The van der Waals surface area contributed by atoms with Crippen molar-refractivity contribution in [1.82, 2.24) is 10.2 Å². The predicted molar refractivity (Wildman–Crippen MR) is 79.1 cm³/mol. The summed E-state index contributed by atoms with van der Waals surface area (Å²) < 4.78 is 16.1. The van der Waals surface area contributed by atoms with Gasteiger partial charge in [0.2, 0.25) is 0 Å². The van der Waals surface area contributed by atoms with Crippen molar-refractivity contribution in [3.8, 4) is 11.5 Å².